The molecular formula is C29H33NO4. The molecule has 0 saturated heterocycles. The number of methoxy groups -OCH3 is 1. The van der Waals surface area contributed by atoms with Gasteiger partial charge in [0.1, 0.15) is 5.75 Å². The van der Waals surface area contributed by atoms with E-state index in [1.807, 2.05) is 42.5 Å². The molecule has 0 heterocycles. The Kier molecular flexibility index (Phi) is 9.27. The highest BCUT2D eigenvalue weighted by molar-refractivity contribution is 5.76. The van der Waals surface area contributed by atoms with Gasteiger partial charge in [0.15, 0.2) is 0 Å². The van der Waals surface area contributed by atoms with Gasteiger partial charge in [0.25, 0.3) is 0 Å². The average Bonchev–Trinajstić information content (AvgIpc) is 2.85. The van der Waals surface area contributed by atoms with Crippen molar-refractivity contribution in [1.82, 2.24) is 5.32 Å². The SMILES string of the molecule is COc1ccc(CCCC(=O)N[C@H](Cc2ccc(-c3ccccc3)cc2)C[C@@H](C)C(=O)O)cc1. The number of aliphatic carboxylic acids is 1. The summed E-state index contributed by atoms with van der Waals surface area (Å²) in [5.74, 6) is -0.614. The number of amides is 1. The first-order chi connectivity index (χ1) is 16.4. The summed E-state index contributed by atoms with van der Waals surface area (Å²) in [5, 5.41) is 12.5. The van der Waals surface area contributed by atoms with E-state index in [2.05, 4.69) is 41.7 Å². The van der Waals surface area contributed by atoms with Crippen LogP contribution in [0.3, 0.4) is 0 Å². The summed E-state index contributed by atoms with van der Waals surface area (Å²) in [6.07, 6.45) is 2.91. The van der Waals surface area contributed by atoms with Crippen molar-refractivity contribution in [2.75, 3.05) is 7.11 Å². The second kappa shape index (κ2) is 12.6. The van der Waals surface area contributed by atoms with Crippen molar-refractivity contribution < 1.29 is 19.4 Å². The van der Waals surface area contributed by atoms with Crippen molar-refractivity contribution in [3.63, 3.8) is 0 Å². The fourth-order valence-electron chi connectivity index (χ4n) is 4.01. The molecule has 0 unspecified atom stereocenters. The van der Waals surface area contributed by atoms with Gasteiger partial charge in [-0.2, -0.15) is 0 Å². The molecule has 3 aromatic rings. The maximum absolute atomic E-state index is 12.6. The number of carbonyl (C=O) groups excluding carboxylic acids is 1. The predicted octanol–water partition coefficient (Wildman–Crippen LogP) is 5.52. The van der Waals surface area contributed by atoms with Crippen LogP contribution < -0.4 is 10.1 Å². The van der Waals surface area contributed by atoms with E-state index in [-0.39, 0.29) is 11.9 Å². The molecule has 5 heteroatoms. The first-order valence-electron chi connectivity index (χ1n) is 11.7. The molecule has 178 valence electrons. The second-order valence-corrected chi connectivity index (χ2v) is 8.71. The molecule has 0 radical (unpaired) electrons. The first kappa shape index (κ1) is 25.0. The second-order valence-electron chi connectivity index (χ2n) is 8.71. The lowest BCUT2D eigenvalue weighted by molar-refractivity contribution is -0.141. The van der Waals surface area contributed by atoms with Crippen LogP contribution in [0, 0.1) is 5.92 Å². The minimum atomic E-state index is -0.849. The quantitative estimate of drug-likeness (QED) is 0.374. The van der Waals surface area contributed by atoms with Crippen LogP contribution in [0.2, 0.25) is 0 Å². The standard InChI is InChI=1S/C29H33NO4/c1-21(29(32)33)19-26(20-23-11-15-25(16-12-23)24-8-4-3-5-9-24)30-28(31)10-6-7-22-13-17-27(34-2)18-14-22/h3-5,8-9,11-18,21,26H,6-7,10,19-20H2,1-2H3,(H,30,31)(H,32,33)/t21-,26+/m1/s1. The largest absolute Gasteiger partial charge is 0.497 e. The number of rotatable bonds is 12. The number of aryl methyl sites for hydroxylation is 1. The van der Waals surface area contributed by atoms with E-state index >= 15 is 0 Å². The summed E-state index contributed by atoms with van der Waals surface area (Å²) >= 11 is 0. The molecule has 2 atom stereocenters. The monoisotopic (exact) mass is 459 g/mol. The van der Waals surface area contributed by atoms with E-state index in [4.69, 9.17) is 4.74 Å². The molecule has 0 saturated carbocycles. The summed E-state index contributed by atoms with van der Waals surface area (Å²) in [6, 6.07) is 26.0. The number of hydrogen-bond acceptors (Lipinski definition) is 3. The van der Waals surface area contributed by atoms with Gasteiger partial charge in [-0.25, -0.2) is 0 Å². The first-order valence-corrected chi connectivity index (χ1v) is 11.7. The Morgan fingerprint density at radius 3 is 2.12 bits per heavy atom. The number of ether oxygens (including phenoxy) is 1. The summed E-state index contributed by atoms with van der Waals surface area (Å²) in [7, 11) is 1.64. The zero-order valence-corrected chi connectivity index (χ0v) is 19.9. The van der Waals surface area contributed by atoms with Crippen molar-refractivity contribution >= 4 is 11.9 Å². The molecule has 3 rings (SSSR count). The lowest BCUT2D eigenvalue weighted by Gasteiger charge is -2.21. The van der Waals surface area contributed by atoms with Crippen molar-refractivity contribution in [1.29, 1.82) is 0 Å². The molecule has 34 heavy (non-hydrogen) atoms. The van der Waals surface area contributed by atoms with E-state index in [0.29, 0.717) is 19.3 Å². The Labute approximate surface area is 201 Å². The van der Waals surface area contributed by atoms with E-state index in [0.717, 1.165) is 40.8 Å². The minimum absolute atomic E-state index is 0.0444. The van der Waals surface area contributed by atoms with E-state index in [9.17, 15) is 14.7 Å². The third-order valence-corrected chi connectivity index (χ3v) is 6.00. The van der Waals surface area contributed by atoms with Crippen molar-refractivity contribution in [2.45, 2.75) is 45.1 Å². The molecule has 2 N–H and O–H groups in total. The molecule has 0 aliphatic rings. The van der Waals surface area contributed by atoms with Crippen LogP contribution in [0.15, 0.2) is 78.9 Å². The molecule has 0 spiro atoms. The number of carboxylic acids is 1. The molecule has 0 fully saturated rings. The summed E-state index contributed by atoms with van der Waals surface area (Å²) < 4.78 is 5.18. The summed E-state index contributed by atoms with van der Waals surface area (Å²) in [4.78, 5) is 24.1. The fourth-order valence-corrected chi connectivity index (χ4v) is 4.01. The Morgan fingerprint density at radius 1 is 0.882 bits per heavy atom. The van der Waals surface area contributed by atoms with Crippen LogP contribution in [-0.4, -0.2) is 30.1 Å². The van der Waals surface area contributed by atoms with Crippen LogP contribution in [0.5, 0.6) is 5.75 Å². The Hall–Kier alpha value is -3.60. The smallest absolute Gasteiger partial charge is 0.306 e. The highest BCUT2D eigenvalue weighted by Crippen LogP contribution is 2.21. The van der Waals surface area contributed by atoms with Crippen LogP contribution >= 0.6 is 0 Å². The number of hydrogen-bond donors (Lipinski definition) is 2. The number of benzene rings is 3. The van der Waals surface area contributed by atoms with Gasteiger partial charge in [-0.3, -0.25) is 9.59 Å². The van der Waals surface area contributed by atoms with Gasteiger partial charge < -0.3 is 15.2 Å². The number of carboxylic acid groups (broad SMARTS) is 1. The molecule has 5 nitrogen and oxygen atoms in total. The summed E-state index contributed by atoms with van der Waals surface area (Å²) in [5.41, 5.74) is 4.50. The maximum atomic E-state index is 12.6. The van der Waals surface area contributed by atoms with Crippen LogP contribution in [-0.2, 0) is 22.4 Å². The molecule has 0 aliphatic heterocycles. The van der Waals surface area contributed by atoms with Gasteiger partial charge in [-0.1, -0.05) is 73.7 Å². The fraction of sp³-hybridized carbons (Fsp3) is 0.310. The van der Waals surface area contributed by atoms with Gasteiger partial charge in [0.2, 0.25) is 5.91 Å². The lowest BCUT2D eigenvalue weighted by Crippen LogP contribution is -2.38. The minimum Gasteiger partial charge on any atom is -0.497 e. The van der Waals surface area contributed by atoms with Crippen molar-refractivity contribution in [2.24, 2.45) is 5.92 Å². The molecule has 3 aromatic carbocycles. The van der Waals surface area contributed by atoms with Crippen LogP contribution in [0.25, 0.3) is 11.1 Å². The molecule has 0 aliphatic carbocycles. The third kappa shape index (κ3) is 7.77. The molecular weight excluding hydrogens is 426 g/mol. The average molecular weight is 460 g/mol. The molecule has 1 amide bonds. The predicted molar refractivity (Wildman–Crippen MR) is 135 cm³/mol. The zero-order valence-electron chi connectivity index (χ0n) is 19.9. The normalized spacial score (nSPS) is 12.5. The van der Waals surface area contributed by atoms with Gasteiger partial charge in [-0.05, 0) is 60.1 Å². The topological polar surface area (TPSA) is 75.6 Å². The van der Waals surface area contributed by atoms with Crippen molar-refractivity contribution in [3.05, 3.63) is 90.0 Å². The lowest BCUT2D eigenvalue weighted by atomic mass is 9.94. The zero-order chi connectivity index (χ0) is 24.3. The number of carbonyl (C=O) groups is 2. The van der Waals surface area contributed by atoms with Gasteiger partial charge in [-0.15, -0.1) is 0 Å². The Morgan fingerprint density at radius 2 is 1.50 bits per heavy atom. The molecule has 0 bridgehead atoms. The van der Waals surface area contributed by atoms with Gasteiger partial charge in [0, 0.05) is 12.5 Å². The highest BCUT2D eigenvalue weighted by atomic mass is 16.5. The number of nitrogens with one attached hydrogen (secondary N) is 1. The maximum Gasteiger partial charge on any atom is 0.306 e. The van der Waals surface area contributed by atoms with Crippen LogP contribution in [0.4, 0.5) is 0 Å². The van der Waals surface area contributed by atoms with Crippen LogP contribution in [0.1, 0.15) is 37.3 Å². The van der Waals surface area contributed by atoms with Crippen molar-refractivity contribution in [3.8, 4) is 16.9 Å². The van der Waals surface area contributed by atoms with Gasteiger partial charge in [0.05, 0.1) is 13.0 Å². The summed E-state index contributed by atoms with van der Waals surface area (Å²) in [6.45, 7) is 1.68. The Bertz CT molecular complexity index is 1050. The highest BCUT2D eigenvalue weighted by Gasteiger charge is 2.20. The van der Waals surface area contributed by atoms with Gasteiger partial charge >= 0.3 is 5.97 Å². The van der Waals surface area contributed by atoms with E-state index < -0.39 is 11.9 Å². The van der Waals surface area contributed by atoms with E-state index in [1.54, 1.807) is 14.0 Å². The molecule has 0 aromatic heterocycles. The third-order valence-electron chi connectivity index (χ3n) is 6.00. The Balaban J connectivity index is 1.57. The van der Waals surface area contributed by atoms with E-state index in [1.165, 1.54) is 0 Å².